The smallest absolute Gasteiger partial charge is 0.178 e. The second-order valence-electron chi connectivity index (χ2n) is 9.31. The third-order valence-electron chi connectivity index (χ3n) is 6.83. The lowest BCUT2D eigenvalue weighted by Crippen LogP contribution is -2.46. The molecule has 5 aromatic rings. The Balaban J connectivity index is 1.23. The van der Waals surface area contributed by atoms with Gasteiger partial charge >= 0.3 is 0 Å². The van der Waals surface area contributed by atoms with Crippen LogP contribution in [0.4, 0.5) is 11.4 Å². The van der Waals surface area contributed by atoms with E-state index in [0.717, 1.165) is 66.3 Å². The van der Waals surface area contributed by atoms with E-state index in [4.69, 9.17) is 4.74 Å². The van der Waals surface area contributed by atoms with Crippen molar-refractivity contribution >= 4 is 37.8 Å². The van der Waals surface area contributed by atoms with Crippen LogP contribution in [0.1, 0.15) is 5.56 Å². The first kappa shape index (κ1) is 23.4. The highest BCUT2D eigenvalue weighted by Gasteiger charge is 2.23. The summed E-state index contributed by atoms with van der Waals surface area (Å²) in [7, 11) is -3.20. The van der Waals surface area contributed by atoms with E-state index in [1.165, 1.54) is 11.8 Å². The van der Waals surface area contributed by atoms with Crippen molar-refractivity contribution in [3.63, 3.8) is 0 Å². The summed E-state index contributed by atoms with van der Waals surface area (Å²) in [6.45, 7) is 3.81. The minimum atomic E-state index is -3.20. The number of ether oxygens (including phenoxy) is 1. The molecule has 0 spiro atoms. The summed E-state index contributed by atoms with van der Waals surface area (Å²) in [5, 5.41) is 12.8. The minimum Gasteiger partial charge on any atom is -0.492 e. The number of nitrogens with zero attached hydrogens (tertiary/aromatic N) is 5. The summed E-state index contributed by atoms with van der Waals surface area (Å²) >= 11 is 0. The summed E-state index contributed by atoms with van der Waals surface area (Å²) in [4.78, 5) is 4.98. The molecule has 6 rings (SSSR count). The number of pyridine rings is 1. The fourth-order valence-electron chi connectivity index (χ4n) is 4.88. The average molecular weight is 517 g/mol. The molecule has 0 radical (unpaired) electrons. The zero-order valence-corrected chi connectivity index (χ0v) is 21.4. The summed E-state index contributed by atoms with van der Waals surface area (Å²) in [5.74, 6) is 0.773. The van der Waals surface area contributed by atoms with Crippen LogP contribution < -0.4 is 14.5 Å². The van der Waals surface area contributed by atoms with Gasteiger partial charge in [-0.15, -0.1) is 5.10 Å². The SMILES string of the molecule is CS(=O)(=O)c1ccc(N2CCN(c3cc(OCCc4ccccc4)cn4nc5[nH]ncc5c34)CC2)cc1. The Morgan fingerprint density at radius 2 is 1.70 bits per heavy atom. The predicted molar refractivity (Wildman–Crippen MR) is 144 cm³/mol. The number of aromatic nitrogens is 4. The largest absolute Gasteiger partial charge is 0.492 e. The first-order valence-corrected chi connectivity index (χ1v) is 14.2. The van der Waals surface area contributed by atoms with Crippen LogP contribution in [0.5, 0.6) is 5.75 Å². The lowest BCUT2D eigenvalue weighted by Gasteiger charge is -2.37. The van der Waals surface area contributed by atoms with Crippen molar-refractivity contribution in [2.24, 2.45) is 0 Å². The van der Waals surface area contributed by atoms with Gasteiger partial charge in [0.1, 0.15) is 11.3 Å². The standard InChI is InChI=1S/C27H28N6O3S/c1-37(34,35)23-9-7-21(8-10-23)31-12-14-32(15-13-31)25-17-22(36-16-11-20-5-3-2-4-6-20)19-33-26(25)24-18-28-29-27(24)30-33/h2-10,17-19H,11-16H2,1H3,(H,29,30). The number of rotatable bonds is 7. The highest BCUT2D eigenvalue weighted by molar-refractivity contribution is 7.90. The Hall–Kier alpha value is -4.05. The molecular weight excluding hydrogens is 488 g/mol. The van der Waals surface area contributed by atoms with Gasteiger partial charge in [0.2, 0.25) is 0 Å². The number of sulfone groups is 1. The normalized spacial score (nSPS) is 14.5. The Morgan fingerprint density at radius 1 is 0.973 bits per heavy atom. The quantitative estimate of drug-likeness (QED) is 0.353. The Bertz CT molecular complexity index is 1640. The molecule has 0 saturated carbocycles. The van der Waals surface area contributed by atoms with Crippen molar-refractivity contribution in [3.05, 3.63) is 78.6 Å². The van der Waals surface area contributed by atoms with Gasteiger partial charge in [-0.25, -0.2) is 12.9 Å². The molecule has 1 fully saturated rings. The van der Waals surface area contributed by atoms with Gasteiger partial charge in [0.25, 0.3) is 0 Å². The number of nitrogens with one attached hydrogen (secondary N) is 1. The number of H-pyrrole nitrogens is 1. The highest BCUT2D eigenvalue weighted by Crippen LogP contribution is 2.33. The van der Waals surface area contributed by atoms with Crippen LogP contribution in [0.25, 0.3) is 16.6 Å². The molecule has 190 valence electrons. The second kappa shape index (κ2) is 9.44. The molecule has 9 nitrogen and oxygen atoms in total. The first-order chi connectivity index (χ1) is 18.0. The number of aromatic amines is 1. The third-order valence-corrected chi connectivity index (χ3v) is 7.96. The molecule has 10 heteroatoms. The molecule has 4 heterocycles. The van der Waals surface area contributed by atoms with Crippen molar-refractivity contribution in [3.8, 4) is 5.75 Å². The molecule has 0 amide bonds. The van der Waals surface area contributed by atoms with E-state index in [9.17, 15) is 8.42 Å². The minimum absolute atomic E-state index is 0.339. The maximum Gasteiger partial charge on any atom is 0.178 e. The van der Waals surface area contributed by atoms with Gasteiger partial charge in [-0.3, -0.25) is 5.10 Å². The Labute approximate surface area is 215 Å². The van der Waals surface area contributed by atoms with E-state index in [1.54, 1.807) is 12.1 Å². The van der Waals surface area contributed by atoms with E-state index in [2.05, 4.69) is 43.3 Å². The predicted octanol–water partition coefficient (Wildman–Crippen LogP) is 3.56. The third kappa shape index (κ3) is 4.72. The van der Waals surface area contributed by atoms with Crippen molar-refractivity contribution in [2.45, 2.75) is 11.3 Å². The van der Waals surface area contributed by atoms with Gasteiger partial charge < -0.3 is 14.5 Å². The summed E-state index contributed by atoms with van der Waals surface area (Å²) < 4.78 is 31.7. The molecule has 0 aliphatic carbocycles. The van der Waals surface area contributed by atoms with Crippen LogP contribution in [-0.2, 0) is 16.3 Å². The van der Waals surface area contributed by atoms with Crippen LogP contribution in [0.15, 0.2) is 78.0 Å². The summed E-state index contributed by atoms with van der Waals surface area (Å²) in [5.41, 5.74) is 5.07. The van der Waals surface area contributed by atoms with Crippen molar-refractivity contribution in [1.29, 1.82) is 0 Å². The average Bonchev–Trinajstić information content (AvgIpc) is 3.50. The van der Waals surface area contributed by atoms with Crippen molar-refractivity contribution in [1.82, 2.24) is 19.8 Å². The number of anilines is 2. The lowest BCUT2D eigenvalue weighted by molar-refractivity contribution is 0.320. The maximum absolute atomic E-state index is 11.8. The van der Waals surface area contributed by atoms with E-state index < -0.39 is 9.84 Å². The van der Waals surface area contributed by atoms with E-state index in [-0.39, 0.29) is 0 Å². The molecule has 3 aromatic heterocycles. The fourth-order valence-corrected chi connectivity index (χ4v) is 5.51. The molecule has 2 aromatic carbocycles. The van der Waals surface area contributed by atoms with Crippen molar-refractivity contribution in [2.75, 3.05) is 48.8 Å². The Morgan fingerprint density at radius 3 is 2.43 bits per heavy atom. The van der Waals surface area contributed by atoms with Crippen LogP contribution in [0.2, 0.25) is 0 Å². The van der Waals surface area contributed by atoms with Crippen LogP contribution in [0, 0.1) is 0 Å². The van der Waals surface area contributed by atoms with Gasteiger partial charge in [0.15, 0.2) is 15.5 Å². The molecule has 37 heavy (non-hydrogen) atoms. The fraction of sp³-hybridized carbons (Fsp3) is 0.259. The summed E-state index contributed by atoms with van der Waals surface area (Å²) in [6, 6.07) is 19.5. The molecule has 1 saturated heterocycles. The molecule has 0 bridgehead atoms. The number of piperazine rings is 1. The monoisotopic (exact) mass is 516 g/mol. The molecule has 0 unspecified atom stereocenters. The van der Waals surface area contributed by atoms with Gasteiger partial charge in [0.05, 0.1) is 35.0 Å². The van der Waals surface area contributed by atoms with E-state index in [0.29, 0.717) is 11.5 Å². The van der Waals surface area contributed by atoms with Crippen LogP contribution in [0.3, 0.4) is 0 Å². The molecule has 1 aliphatic rings. The number of hydrogen-bond acceptors (Lipinski definition) is 7. The molecular formula is C27H28N6O3S. The summed E-state index contributed by atoms with van der Waals surface area (Å²) in [6.07, 6.45) is 5.80. The van der Waals surface area contributed by atoms with E-state index >= 15 is 0 Å². The molecule has 1 aliphatic heterocycles. The Kier molecular flexibility index (Phi) is 5.96. The van der Waals surface area contributed by atoms with Gasteiger partial charge in [-0.2, -0.15) is 5.10 Å². The zero-order chi connectivity index (χ0) is 25.4. The van der Waals surface area contributed by atoms with E-state index in [1.807, 2.05) is 47.2 Å². The zero-order valence-electron chi connectivity index (χ0n) is 20.5. The highest BCUT2D eigenvalue weighted by atomic mass is 32.2. The van der Waals surface area contributed by atoms with Crippen LogP contribution >= 0.6 is 0 Å². The molecule has 1 N–H and O–H groups in total. The second-order valence-corrected chi connectivity index (χ2v) is 11.3. The first-order valence-electron chi connectivity index (χ1n) is 12.3. The number of hydrogen-bond donors (Lipinski definition) is 1. The lowest BCUT2D eigenvalue weighted by atomic mass is 10.2. The number of fused-ring (bicyclic) bond motifs is 3. The van der Waals surface area contributed by atoms with Crippen LogP contribution in [-0.4, -0.2) is 67.3 Å². The van der Waals surface area contributed by atoms with Gasteiger partial charge in [0, 0.05) is 50.6 Å². The molecule has 0 atom stereocenters. The van der Waals surface area contributed by atoms with Gasteiger partial charge in [-0.1, -0.05) is 30.3 Å². The number of benzene rings is 2. The maximum atomic E-state index is 11.8. The topological polar surface area (TPSA) is 95.8 Å². The van der Waals surface area contributed by atoms with Gasteiger partial charge in [-0.05, 0) is 29.8 Å². The van der Waals surface area contributed by atoms with Crippen molar-refractivity contribution < 1.29 is 13.2 Å².